The smallest absolute Gasteiger partial charge is 0.407 e. The number of hydrogen-bond donors (Lipinski definition) is 1. The predicted octanol–water partition coefficient (Wildman–Crippen LogP) is 3.10. The first-order valence-electron chi connectivity index (χ1n) is 7.14. The summed E-state index contributed by atoms with van der Waals surface area (Å²) in [5, 5.41) is 2.94. The highest BCUT2D eigenvalue weighted by atomic mass is 16.6. The zero-order chi connectivity index (χ0) is 14.8. The van der Waals surface area contributed by atoms with Crippen molar-refractivity contribution in [3.8, 4) is 0 Å². The van der Waals surface area contributed by atoms with Crippen LogP contribution in [-0.2, 0) is 4.74 Å². The Balaban J connectivity index is 1.86. The third-order valence-electron chi connectivity index (χ3n) is 3.31. The van der Waals surface area contributed by atoms with Gasteiger partial charge in [-0.25, -0.2) is 4.79 Å². The van der Waals surface area contributed by atoms with Crippen molar-refractivity contribution in [2.45, 2.75) is 45.8 Å². The second-order valence-corrected chi connectivity index (χ2v) is 6.41. The molecule has 1 N–H and O–H groups in total. The highest BCUT2D eigenvalue weighted by Crippen LogP contribution is 2.21. The van der Waals surface area contributed by atoms with Crippen LogP contribution in [0.15, 0.2) is 24.3 Å². The normalized spacial score (nSPS) is 19.0. The summed E-state index contributed by atoms with van der Waals surface area (Å²) in [4.78, 5) is 14.0. The lowest BCUT2D eigenvalue weighted by molar-refractivity contribution is 0.0509. The summed E-state index contributed by atoms with van der Waals surface area (Å²) in [6, 6.07) is 8.65. The number of alkyl carbamates (subject to hydrolysis) is 1. The summed E-state index contributed by atoms with van der Waals surface area (Å²) in [5.74, 6) is 0. The van der Waals surface area contributed by atoms with Gasteiger partial charge in [-0.2, -0.15) is 0 Å². The number of carbonyl (C=O) groups is 1. The monoisotopic (exact) mass is 276 g/mol. The molecule has 20 heavy (non-hydrogen) atoms. The average molecular weight is 276 g/mol. The number of benzene rings is 1. The highest BCUT2D eigenvalue weighted by Gasteiger charge is 2.26. The Morgan fingerprint density at radius 1 is 1.30 bits per heavy atom. The topological polar surface area (TPSA) is 41.6 Å². The van der Waals surface area contributed by atoms with Crippen molar-refractivity contribution in [2.75, 3.05) is 18.0 Å². The van der Waals surface area contributed by atoms with Crippen molar-refractivity contribution in [3.05, 3.63) is 29.8 Å². The molecule has 1 saturated heterocycles. The molecule has 1 atom stereocenters. The van der Waals surface area contributed by atoms with Crippen LogP contribution in [0, 0.1) is 6.92 Å². The van der Waals surface area contributed by atoms with E-state index in [9.17, 15) is 4.79 Å². The van der Waals surface area contributed by atoms with Crippen LogP contribution in [-0.4, -0.2) is 30.8 Å². The fourth-order valence-electron chi connectivity index (χ4n) is 2.34. The third-order valence-corrected chi connectivity index (χ3v) is 3.31. The van der Waals surface area contributed by atoms with Crippen molar-refractivity contribution in [3.63, 3.8) is 0 Å². The van der Waals surface area contributed by atoms with Crippen molar-refractivity contribution in [1.29, 1.82) is 0 Å². The summed E-state index contributed by atoms with van der Waals surface area (Å²) in [7, 11) is 0. The zero-order valence-electron chi connectivity index (χ0n) is 12.8. The molecule has 4 heteroatoms. The van der Waals surface area contributed by atoms with E-state index in [1.165, 1.54) is 11.3 Å². The van der Waals surface area contributed by atoms with Crippen LogP contribution < -0.4 is 10.2 Å². The fraction of sp³-hybridized carbons (Fsp3) is 0.562. The van der Waals surface area contributed by atoms with Crippen LogP contribution in [0.1, 0.15) is 32.8 Å². The van der Waals surface area contributed by atoms with Gasteiger partial charge >= 0.3 is 6.09 Å². The number of nitrogens with one attached hydrogen (secondary N) is 1. The van der Waals surface area contributed by atoms with E-state index >= 15 is 0 Å². The molecule has 1 aliphatic heterocycles. The molecule has 1 amide bonds. The molecule has 1 aliphatic rings. The Morgan fingerprint density at radius 3 is 2.55 bits per heavy atom. The standard InChI is InChI=1S/C16H24N2O2/c1-12-5-7-14(8-6-12)18-10-9-13(11-18)17-15(19)20-16(2,3)4/h5-8,13H,9-11H2,1-4H3,(H,17,19)/t13-/m1/s1. The number of amides is 1. The number of ether oxygens (including phenoxy) is 1. The van der Waals surface area contributed by atoms with Gasteiger partial charge in [-0.15, -0.1) is 0 Å². The molecule has 0 spiro atoms. The summed E-state index contributed by atoms with van der Waals surface area (Å²) in [5.41, 5.74) is 2.03. The minimum atomic E-state index is -0.445. The van der Waals surface area contributed by atoms with Crippen LogP contribution in [0.2, 0.25) is 0 Å². The van der Waals surface area contributed by atoms with E-state index in [0.29, 0.717) is 0 Å². The van der Waals surface area contributed by atoms with E-state index in [1.807, 2.05) is 20.8 Å². The second kappa shape index (κ2) is 5.73. The maximum absolute atomic E-state index is 11.8. The molecule has 1 aromatic carbocycles. The molecular weight excluding hydrogens is 252 g/mol. The molecule has 0 radical (unpaired) electrons. The molecule has 0 bridgehead atoms. The molecule has 1 heterocycles. The Labute approximate surface area is 121 Å². The van der Waals surface area contributed by atoms with Crippen molar-refractivity contribution < 1.29 is 9.53 Å². The molecule has 1 fully saturated rings. The number of anilines is 1. The van der Waals surface area contributed by atoms with Gasteiger partial charge in [0, 0.05) is 18.8 Å². The van der Waals surface area contributed by atoms with Gasteiger partial charge in [0.05, 0.1) is 6.04 Å². The van der Waals surface area contributed by atoms with E-state index < -0.39 is 5.60 Å². The van der Waals surface area contributed by atoms with Gasteiger partial charge in [0.2, 0.25) is 0 Å². The van der Waals surface area contributed by atoms with Crippen molar-refractivity contribution >= 4 is 11.8 Å². The summed E-state index contributed by atoms with van der Waals surface area (Å²) in [6.07, 6.45) is 0.626. The van der Waals surface area contributed by atoms with Gasteiger partial charge in [0.1, 0.15) is 5.60 Å². The number of rotatable bonds is 2. The molecule has 0 saturated carbocycles. The van der Waals surface area contributed by atoms with E-state index in [0.717, 1.165) is 19.5 Å². The maximum Gasteiger partial charge on any atom is 0.407 e. The first-order chi connectivity index (χ1) is 9.33. The number of aryl methyl sites for hydroxylation is 1. The fourth-order valence-corrected chi connectivity index (χ4v) is 2.34. The van der Waals surface area contributed by atoms with Gasteiger partial charge in [0.15, 0.2) is 0 Å². The van der Waals surface area contributed by atoms with Crippen LogP contribution in [0.3, 0.4) is 0 Å². The minimum Gasteiger partial charge on any atom is -0.444 e. The molecular formula is C16H24N2O2. The third kappa shape index (κ3) is 4.15. The van der Waals surface area contributed by atoms with Gasteiger partial charge in [-0.3, -0.25) is 0 Å². The summed E-state index contributed by atoms with van der Waals surface area (Å²) < 4.78 is 5.29. The lowest BCUT2D eigenvalue weighted by atomic mass is 10.2. The van der Waals surface area contributed by atoms with E-state index in [2.05, 4.69) is 41.4 Å². The van der Waals surface area contributed by atoms with E-state index in [4.69, 9.17) is 4.74 Å². The summed E-state index contributed by atoms with van der Waals surface area (Å²) in [6.45, 7) is 9.51. The van der Waals surface area contributed by atoms with Gasteiger partial charge in [0.25, 0.3) is 0 Å². The SMILES string of the molecule is Cc1ccc(N2CC[C@@H](NC(=O)OC(C)(C)C)C2)cc1. The van der Waals surface area contributed by atoms with Crippen molar-refractivity contribution in [2.24, 2.45) is 0 Å². The quantitative estimate of drug-likeness (QED) is 0.902. The molecule has 0 unspecified atom stereocenters. The first-order valence-corrected chi connectivity index (χ1v) is 7.14. The Morgan fingerprint density at radius 2 is 1.95 bits per heavy atom. The van der Waals surface area contributed by atoms with Crippen LogP contribution in [0.25, 0.3) is 0 Å². The molecule has 2 rings (SSSR count). The minimum absolute atomic E-state index is 0.158. The zero-order valence-corrected chi connectivity index (χ0v) is 12.8. The van der Waals surface area contributed by atoms with E-state index in [1.54, 1.807) is 0 Å². The predicted molar refractivity (Wildman–Crippen MR) is 81.2 cm³/mol. The lowest BCUT2D eigenvalue weighted by Gasteiger charge is -2.22. The van der Waals surface area contributed by atoms with Crippen LogP contribution in [0.5, 0.6) is 0 Å². The van der Waals surface area contributed by atoms with Crippen LogP contribution in [0.4, 0.5) is 10.5 Å². The first kappa shape index (κ1) is 14.7. The number of nitrogens with zero attached hydrogens (tertiary/aromatic N) is 1. The Hall–Kier alpha value is -1.71. The van der Waals surface area contributed by atoms with Gasteiger partial charge in [-0.1, -0.05) is 17.7 Å². The molecule has 1 aromatic rings. The summed E-state index contributed by atoms with van der Waals surface area (Å²) >= 11 is 0. The van der Waals surface area contributed by atoms with Gasteiger partial charge in [-0.05, 0) is 46.2 Å². The molecule has 0 aliphatic carbocycles. The van der Waals surface area contributed by atoms with Gasteiger partial charge < -0.3 is 15.0 Å². The Kier molecular flexibility index (Phi) is 4.21. The number of carbonyl (C=O) groups excluding carboxylic acids is 1. The highest BCUT2D eigenvalue weighted by molar-refractivity contribution is 5.68. The average Bonchev–Trinajstić information content (AvgIpc) is 2.75. The molecule has 0 aromatic heterocycles. The van der Waals surface area contributed by atoms with Crippen molar-refractivity contribution in [1.82, 2.24) is 5.32 Å². The maximum atomic E-state index is 11.8. The number of hydrogen-bond acceptors (Lipinski definition) is 3. The second-order valence-electron chi connectivity index (χ2n) is 6.41. The van der Waals surface area contributed by atoms with E-state index in [-0.39, 0.29) is 12.1 Å². The Bertz CT molecular complexity index is 462. The molecule has 110 valence electrons. The molecule has 4 nitrogen and oxygen atoms in total. The van der Waals surface area contributed by atoms with Crippen LogP contribution >= 0.6 is 0 Å². The lowest BCUT2D eigenvalue weighted by Crippen LogP contribution is -2.40. The largest absolute Gasteiger partial charge is 0.444 e.